The van der Waals surface area contributed by atoms with Crippen molar-refractivity contribution >= 4 is 11.9 Å². The molecule has 0 aromatic carbocycles. The molecule has 0 aromatic heterocycles. The van der Waals surface area contributed by atoms with Crippen LogP contribution in [0.3, 0.4) is 0 Å². The fourth-order valence-corrected chi connectivity index (χ4v) is 2.38. The number of aliphatic carboxylic acids is 1. The number of carbonyl (C=O) groups excluding carboxylic acids is 1. The van der Waals surface area contributed by atoms with Crippen LogP contribution in [-0.4, -0.2) is 23.5 Å². The molecule has 4 heteroatoms. The van der Waals surface area contributed by atoms with E-state index in [9.17, 15) is 9.59 Å². The lowest BCUT2D eigenvalue weighted by Crippen LogP contribution is -2.40. The maximum Gasteiger partial charge on any atom is 0.303 e. The third kappa shape index (κ3) is 4.75. The number of unbranched alkanes of at least 4 members (excludes halogenated alkanes) is 1. The van der Waals surface area contributed by atoms with Crippen molar-refractivity contribution < 1.29 is 14.7 Å². The van der Waals surface area contributed by atoms with E-state index in [1.807, 2.05) is 6.92 Å². The quantitative estimate of drug-likeness (QED) is 0.701. The minimum atomic E-state index is -0.768. The maximum absolute atomic E-state index is 12.0. The summed E-state index contributed by atoms with van der Waals surface area (Å²) in [5.41, 5.74) is -0.189. The Balaban J connectivity index is 2.17. The lowest BCUT2D eigenvalue weighted by Gasteiger charge is -2.32. The molecule has 4 nitrogen and oxygen atoms in total. The first-order valence-corrected chi connectivity index (χ1v) is 6.55. The molecule has 0 spiro atoms. The summed E-state index contributed by atoms with van der Waals surface area (Å²) in [5.74, 6) is -0.622. The molecule has 1 aliphatic rings. The summed E-state index contributed by atoms with van der Waals surface area (Å²) in [6.45, 7) is 2.64. The van der Waals surface area contributed by atoms with Crippen molar-refractivity contribution in [1.82, 2.24) is 5.32 Å². The van der Waals surface area contributed by atoms with Crippen LogP contribution < -0.4 is 5.32 Å². The first-order valence-electron chi connectivity index (χ1n) is 6.55. The molecule has 0 unspecified atom stereocenters. The van der Waals surface area contributed by atoms with Gasteiger partial charge in [0, 0.05) is 18.4 Å². The average molecular weight is 241 g/mol. The van der Waals surface area contributed by atoms with Crippen molar-refractivity contribution in [3.63, 3.8) is 0 Å². The Labute approximate surface area is 103 Å². The molecule has 17 heavy (non-hydrogen) atoms. The van der Waals surface area contributed by atoms with Crippen LogP contribution in [0.2, 0.25) is 0 Å². The topological polar surface area (TPSA) is 66.4 Å². The number of nitrogens with one attached hydrogen (secondary N) is 1. The van der Waals surface area contributed by atoms with E-state index in [4.69, 9.17) is 5.11 Å². The maximum atomic E-state index is 12.0. The van der Waals surface area contributed by atoms with Crippen LogP contribution in [-0.2, 0) is 9.59 Å². The van der Waals surface area contributed by atoms with Gasteiger partial charge in [-0.15, -0.1) is 0 Å². The van der Waals surface area contributed by atoms with E-state index in [2.05, 4.69) is 5.32 Å². The molecule has 1 rings (SSSR count). The predicted octanol–water partition coefficient (Wildman–Crippen LogP) is 2.33. The van der Waals surface area contributed by atoms with E-state index in [1.165, 1.54) is 6.42 Å². The second kappa shape index (κ2) is 6.62. The number of carboxylic acid groups (broad SMARTS) is 1. The fourth-order valence-electron chi connectivity index (χ4n) is 2.38. The van der Waals surface area contributed by atoms with Crippen molar-refractivity contribution in [2.75, 3.05) is 6.54 Å². The Morgan fingerprint density at radius 2 is 1.82 bits per heavy atom. The molecule has 2 N–H and O–H groups in total. The second-order valence-corrected chi connectivity index (χ2v) is 5.23. The molecular weight excluding hydrogens is 218 g/mol. The van der Waals surface area contributed by atoms with Crippen LogP contribution in [0.5, 0.6) is 0 Å². The van der Waals surface area contributed by atoms with Crippen LogP contribution in [0.15, 0.2) is 0 Å². The minimum absolute atomic E-state index is 0.146. The van der Waals surface area contributed by atoms with E-state index < -0.39 is 5.97 Å². The van der Waals surface area contributed by atoms with Crippen LogP contribution >= 0.6 is 0 Å². The van der Waals surface area contributed by atoms with Gasteiger partial charge < -0.3 is 10.4 Å². The van der Waals surface area contributed by atoms with Gasteiger partial charge in [0.05, 0.1) is 0 Å². The third-order valence-corrected chi connectivity index (χ3v) is 3.61. The summed E-state index contributed by atoms with van der Waals surface area (Å²) >= 11 is 0. The van der Waals surface area contributed by atoms with Gasteiger partial charge in [0.2, 0.25) is 5.91 Å². The molecule has 1 saturated carbocycles. The summed E-state index contributed by atoms with van der Waals surface area (Å²) in [6, 6.07) is 0. The van der Waals surface area contributed by atoms with Gasteiger partial charge in [-0.2, -0.15) is 0 Å². The van der Waals surface area contributed by atoms with E-state index >= 15 is 0 Å². The molecule has 0 heterocycles. The number of amides is 1. The zero-order valence-corrected chi connectivity index (χ0v) is 10.6. The Morgan fingerprint density at radius 3 is 2.41 bits per heavy atom. The summed E-state index contributed by atoms with van der Waals surface area (Å²) in [5, 5.41) is 11.4. The van der Waals surface area contributed by atoms with Gasteiger partial charge in [-0.05, 0) is 25.7 Å². The first kappa shape index (κ1) is 14.0. The summed E-state index contributed by atoms with van der Waals surface area (Å²) < 4.78 is 0. The third-order valence-electron chi connectivity index (χ3n) is 3.61. The molecule has 0 saturated heterocycles. The van der Waals surface area contributed by atoms with Crippen LogP contribution in [0.1, 0.15) is 58.3 Å². The summed E-state index contributed by atoms with van der Waals surface area (Å²) in [4.78, 5) is 22.3. The highest BCUT2D eigenvalue weighted by Crippen LogP contribution is 2.35. The number of carbonyl (C=O) groups is 2. The van der Waals surface area contributed by atoms with Crippen molar-refractivity contribution in [2.45, 2.75) is 58.3 Å². The van der Waals surface area contributed by atoms with Crippen LogP contribution in [0.25, 0.3) is 0 Å². The van der Waals surface area contributed by atoms with Gasteiger partial charge in [-0.1, -0.05) is 26.2 Å². The molecular formula is C13H23NO3. The monoisotopic (exact) mass is 241 g/mol. The van der Waals surface area contributed by atoms with E-state index in [1.54, 1.807) is 0 Å². The van der Waals surface area contributed by atoms with Gasteiger partial charge in [0.15, 0.2) is 0 Å². The van der Waals surface area contributed by atoms with E-state index in [-0.39, 0.29) is 17.7 Å². The first-order chi connectivity index (χ1) is 8.04. The normalized spacial score (nSPS) is 18.6. The Kier molecular flexibility index (Phi) is 5.45. The molecule has 1 aliphatic carbocycles. The van der Waals surface area contributed by atoms with Gasteiger partial charge in [-0.3, -0.25) is 9.59 Å². The zero-order valence-electron chi connectivity index (χ0n) is 10.6. The Hall–Kier alpha value is -1.06. The molecule has 1 amide bonds. The van der Waals surface area contributed by atoms with Gasteiger partial charge >= 0.3 is 5.97 Å². The van der Waals surface area contributed by atoms with Crippen molar-refractivity contribution in [1.29, 1.82) is 0 Å². The van der Waals surface area contributed by atoms with Crippen LogP contribution in [0, 0.1) is 5.41 Å². The van der Waals surface area contributed by atoms with Gasteiger partial charge in [0.1, 0.15) is 0 Å². The lowest BCUT2D eigenvalue weighted by molar-refractivity contribution is -0.137. The molecule has 0 atom stereocenters. The standard InChI is InChI=1S/C13H23NO3/c1-13(8-4-2-5-9-13)12(17)14-10-6-3-7-11(15)16/h2-10H2,1H3,(H,14,17)(H,15,16). The minimum Gasteiger partial charge on any atom is -0.481 e. The highest BCUT2D eigenvalue weighted by Gasteiger charge is 2.33. The number of rotatable bonds is 6. The number of carboxylic acids is 1. The lowest BCUT2D eigenvalue weighted by atomic mass is 9.75. The van der Waals surface area contributed by atoms with Crippen molar-refractivity contribution in [2.24, 2.45) is 5.41 Å². The van der Waals surface area contributed by atoms with Gasteiger partial charge in [0.25, 0.3) is 0 Å². The number of hydrogen-bond acceptors (Lipinski definition) is 2. The van der Waals surface area contributed by atoms with Crippen molar-refractivity contribution in [3.8, 4) is 0 Å². The average Bonchev–Trinajstić information content (AvgIpc) is 2.29. The smallest absolute Gasteiger partial charge is 0.303 e. The number of hydrogen-bond donors (Lipinski definition) is 2. The fraction of sp³-hybridized carbons (Fsp3) is 0.846. The highest BCUT2D eigenvalue weighted by atomic mass is 16.4. The summed E-state index contributed by atoms with van der Waals surface area (Å²) in [7, 11) is 0. The molecule has 98 valence electrons. The predicted molar refractivity (Wildman–Crippen MR) is 65.7 cm³/mol. The molecule has 1 fully saturated rings. The Bertz CT molecular complexity index is 270. The molecule has 0 aliphatic heterocycles. The largest absolute Gasteiger partial charge is 0.481 e. The Morgan fingerprint density at radius 1 is 1.18 bits per heavy atom. The van der Waals surface area contributed by atoms with E-state index in [0.717, 1.165) is 32.1 Å². The molecule has 0 bridgehead atoms. The van der Waals surface area contributed by atoms with E-state index in [0.29, 0.717) is 13.0 Å². The second-order valence-electron chi connectivity index (χ2n) is 5.23. The van der Waals surface area contributed by atoms with Crippen molar-refractivity contribution in [3.05, 3.63) is 0 Å². The molecule has 0 radical (unpaired) electrons. The summed E-state index contributed by atoms with van der Waals surface area (Å²) in [6.07, 6.45) is 7.04. The molecule has 0 aromatic rings. The SMILES string of the molecule is CC1(C(=O)NCCCCC(=O)O)CCCCC1. The van der Waals surface area contributed by atoms with Gasteiger partial charge in [-0.25, -0.2) is 0 Å². The highest BCUT2D eigenvalue weighted by molar-refractivity contribution is 5.82. The van der Waals surface area contributed by atoms with Crippen LogP contribution in [0.4, 0.5) is 0 Å². The zero-order chi connectivity index (χ0) is 12.7.